The van der Waals surface area contributed by atoms with Crippen molar-refractivity contribution in [2.45, 2.75) is 25.8 Å². The minimum Gasteiger partial charge on any atom is -0.366 e. The zero-order valence-corrected chi connectivity index (χ0v) is 8.70. The summed E-state index contributed by atoms with van der Waals surface area (Å²) in [4.78, 5) is 7.59. The van der Waals surface area contributed by atoms with Crippen molar-refractivity contribution in [3.63, 3.8) is 0 Å². The number of hydrogen-bond donors (Lipinski definition) is 2. The molecule has 2 rings (SSSR count). The van der Waals surface area contributed by atoms with Crippen LogP contribution in [0, 0.1) is 18.7 Å². The summed E-state index contributed by atoms with van der Waals surface area (Å²) in [5, 5.41) is 2.92. The zero-order valence-electron chi connectivity index (χ0n) is 8.70. The van der Waals surface area contributed by atoms with Crippen LogP contribution in [0.2, 0.25) is 0 Å². The van der Waals surface area contributed by atoms with Gasteiger partial charge in [-0.15, -0.1) is 0 Å². The maximum absolute atomic E-state index is 13.4. The first kappa shape index (κ1) is 10.3. The molecular weight excluding hydrogens is 195 g/mol. The Kier molecular flexibility index (Phi) is 2.81. The van der Waals surface area contributed by atoms with Gasteiger partial charge in [-0.1, -0.05) is 0 Å². The van der Waals surface area contributed by atoms with Crippen molar-refractivity contribution < 1.29 is 4.39 Å². The fourth-order valence-electron chi connectivity index (χ4n) is 1.49. The first-order valence-electron chi connectivity index (χ1n) is 5.15. The van der Waals surface area contributed by atoms with E-state index in [2.05, 4.69) is 15.3 Å². The first-order chi connectivity index (χ1) is 7.18. The highest BCUT2D eigenvalue weighted by molar-refractivity contribution is 5.37. The molecule has 5 heteroatoms. The lowest BCUT2D eigenvalue weighted by molar-refractivity contribution is 0.591. The molecule has 82 valence electrons. The largest absolute Gasteiger partial charge is 0.366 e. The summed E-state index contributed by atoms with van der Waals surface area (Å²) in [7, 11) is 0. The second-order valence-electron chi connectivity index (χ2n) is 4.00. The Labute approximate surface area is 88.1 Å². The number of aromatic nitrogens is 2. The molecule has 4 nitrogen and oxygen atoms in total. The normalized spacial score (nSPS) is 17.5. The molecule has 1 aliphatic rings. The Morgan fingerprint density at radius 2 is 2.33 bits per heavy atom. The molecule has 1 heterocycles. The van der Waals surface area contributed by atoms with E-state index in [-0.39, 0.29) is 17.7 Å². The van der Waals surface area contributed by atoms with Gasteiger partial charge in [-0.2, -0.15) is 0 Å². The summed E-state index contributed by atoms with van der Waals surface area (Å²) in [5.74, 6) is 0.461. The van der Waals surface area contributed by atoms with Crippen molar-refractivity contribution in [1.29, 1.82) is 0 Å². The van der Waals surface area contributed by atoms with Gasteiger partial charge in [0.25, 0.3) is 0 Å². The second kappa shape index (κ2) is 4.10. The Balaban J connectivity index is 1.95. The molecule has 1 atom stereocenters. The molecule has 1 aliphatic carbocycles. The number of nitrogens with zero attached hydrogens (tertiary/aromatic N) is 2. The van der Waals surface area contributed by atoms with Gasteiger partial charge in [0.05, 0.1) is 5.69 Å². The fourth-order valence-corrected chi connectivity index (χ4v) is 1.49. The summed E-state index contributed by atoms with van der Waals surface area (Å²) in [6, 6.07) is 0.0969. The van der Waals surface area contributed by atoms with Crippen LogP contribution in [0.3, 0.4) is 0 Å². The molecule has 0 bridgehead atoms. The Morgan fingerprint density at radius 3 is 3.00 bits per heavy atom. The van der Waals surface area contributed by atoms with Gasteiger partial charge in [0.1, 0.15) is 6.33 Å². The van der Waals surface area contributed by atoms with E-state index in [4.69, 9.17) is 5.73 Å². The van der Waals surface area contributed by atoms with Crippen LogP contribution in [0.5, 0.6) is 0 Å². The lowest BCUT2D eigenvalue weighted by Crippen LogP contribution is -2.31. The van der Waals surface area contributed by atoms with E-state index in [0.717, 1.165) is 0 Å². The van der Waals surface area contributed by atoms with Gasteiger partial charge in [-0.05, 0) is 25.7 Å². The molecular formula is C10H15FN4. The zero-order chi connectivity index (χ0) is 10.8. The molecule has 0 saturated heterocycles. The molecule has 0 spiro atoms. The summed E-state index contributed by atoms with van der Waals surface area (Å²) < 4.78 is 13.4. The third-order valence-corrected chi connectivity index (χ3v) is 2.70. The number of hydrogen-bond acceptors (Lipinski definition) is 4. The quantitative estimate of drug-likeness (QED) is 0.780. The molecule has 1 fully saturated rings. The molecule has 0 amide bonds. The van der Waals surface area contributed by atoms with E-state index in [0.29, 0.717) is 18.2 Å². The van der Waals surface area contributed by atoms with Gasteiger partial charge >= 0.3 is 0 Å². The molecule has 1 aromatic rings. The average Bonchev–Trinajstić information content (AvgIpc) is 3.03. The van der Waals surface area contributed by atoms with E-state index < -0.39 is 0 Å². The molecule has 0 radical (unpaired) electrons. The smallest absolute Gasteiger partial charge is 0.186 e. The minimum atomic E-state index is -0.388. The number of rotatable bonds is 4. The molecule has 3 N–H and O–H groups in total. The Morgan fingerprint density at radius 1 is 1.60 bits per heavy atom. The van der Waals surface area contributed by atoms with Gasteiger partial charge < -0.3 is 11.1 Å². The van der Waals surface area contributed by atoms with Crippen LogP contribution < -0.4 is 11.1 Å². The maximum atomic E-state index is 13.4. The minimum absolute atomic E-state index is 0.0969. The van der Waals surface area contributed by atoms with Crippen LogP contribution in [0.15, 0.2) is 6.33 Å². The number of nitrogens with one attached hydrogen (secondary N) is 1. The maximum Gasteiger partial charge on any atom is 0.186 e. The van der Waals surface area contributed by atoms with Gasteiger partial charge in [0.15, 0.2) is 11.6 Å². The van der Waals surface area contributed by atoms with Crippen molar-refractivity contribution in [2.75, 3.05) is 11.9 Å². The highest BCUT2D eigenvalue weighted by Crippen LogP contribution is 2.31. The highest BCUT2D eigenvalue weighted by atomic mass is 19.1. The third-order valence-electron chi connectivity index (χ3n) is 2.70. The molecule has 1 aromatic heterocycles. The molecule has 15 heavy (non-hydrogen) atoms. The predicted molar refractivity (Wildman–Crippen MR) is 55.9 cm³/mol. The first-order valence-corrected chi connectivity index (χ1v) is 5.15. The number of aryl methyl sites for hydroxylation is 1. The van der Waals surface area contributed by atoms with Crippen molar-refractivity contribution >= 4 is 5.82 Å². The van der Waals surface area contributed by atoms with Gasteiger partial charge in [0, 0.05) is 12.6 Å². The molecule has 1 unspecified atom stereocenters. The fraction of sp³-hybridized carbons (Fsp3) is 0.600. The molecule has 0 aliphatic heterocycles. The van der Waals surface area contributed by atoms with E-state index >= 15 is 0 Å². The second-order valence-corrected chi connectivity index (χ2v) is 4.00. The van der Waals surface area contributed by atoms with Crippen molar-refractivity contribution in [3.05, 3.63) is 17.8 Å². The lowest BCUT2D eigenvalue weighted by atomic mass is 10.2. The van der Waals surface area contributed by atoms with Crippen LogP contribution >= 0.6 is 0 Å². The van der Waals surface area contributed by atoms with Crippen molar-refractivity contribution in [2.24, 2.45) is 11.7 Å². The molecule has 1 saturated carbocycles. The van der Waals surface area contributed by atoms with Gasteiger partial charge in [-0.3, -0.25) is 0 Å². The number of halogens is 1. The van der Waals surface area contributed by atoms with E-state index in [1.54, 1.807) is 6.92 Å². The standard InChI is InChI=1S/C10H15FN4/c1-6-9(11)10(15-5-14-6)13-4-8(12)7-2-3-7/h5,7-8H,2-4,12H2,1H3,(H,13,14,15). The van der Waals surface area contributed by atoms with Gasteiger partial charge in [0.2, 0.25) is 0 Å². The summed E-state index contributed by atoms with van der Waals surface area (Å²) in [5.41, 5.74) is 6.24. The van der Waals surface area contributed by atoms with Crippen LogP contribution in [-0.4, -0.2) is 22.6 Å². The van der Waals surface area contributed by atoms with Crippen LogP contribution in [0.1, 0.15) is 18.5 Å². The Hall–Kier alpha value is -1.23. The summed E-state index contributed by atoms with van der Waals surface area (Å²) in [6.45, 7) is 2.18. The average molecular weight is 210 g/mol. The van der Waals surface area contributed by atoms with Crippen LogP contribution in [-0.2, 0) is 0 Å². The predicted octanol–water partition coefficient (Wildman–Crippen LogP) is 1.07. The van der Waals surface area contributed by atoms with E-state index in [9.17, 15) is 4.39 Å². The Bertz CT molecular complexity index is 351. The van der Waals surface area contributed by atoms with Crippen molar-refractivity contribution in [3.8, 4) is 0 Å². The lowest BCUT2D eigenvalue weighted by Gasteiger charge is -2.12. The van der Waals surface area contributed by atoms with E-state index in [1.165, 1.54) is 19.2 Å². The SMILES string of the molecule is Cc1ncnc(NCC(N)C2CC2)c1F. The summed E-state index contributed by atoms with van der Waals surface area (Å²) >= 11 is 0. The topological polar surface area (TPSA) is 63.8 Å². The highest BCUT2D eigenvalue weighted by Gasteiger charge is 2.28. The van der Waals surface area contributed by atoms with E-state index in [1.807, 2.05) is 0 Å². The van der Waals surface area contributed by atoms with Crippen LogP contribution in [0.25, 0.3) is 0 Å². The third kappa shape index (κ3) is 2.41. The monoisotopic (exact) mass is 210 g/mol. The summed E-state index contributed by atoms with van der Waals surface area (Å²) in [6.07, 6.45) is 3.73. The number of nitrogens with two attached hydrogens (primary N) is 1. The number of anilines is 1. The molecule has 0 aromatic carbocycles. The van der Waals surface area contributed by atoms with Crippen molar-refractivity contribution in [1.82, 2.24) is 9.97 Å². The van der Waals surface area contributed by atoms with Gasteiger partial charge in [-0.25, -0.2) is 14.4 Å². The van der Waals surface area contributed by atoms with Crippen LogP contribution in [0.4, 0.5) is 10.2 Å².